The van der Waals surface area contributed by atoms with E-state index in [1.165, 1.54) is 5.56 Å². The molecule has 1 saturated heterocycles. The van der Waals surface area contributed by atoms with Crippen LogP contribution >= 0.6 is 0 Å². The maximum atomic E-state index is 5.83. The Balaban J connectivity index is 1.77. The minimum absolute atomic E-state index is 0.615. The average Bonchev–Trinajstić information content (AvgIpc) is 2.34. The molecule has 1 aromatic rings. The van der Waals surface area contributed by atoms with Crippen molar-refractivity contribution in [2.24, 2.45) is 0 Å². The van der Waals surface area contributed by atoms with Gasteiger partial charge in [0.25, 0.3) is 0 Å². The van der Waals surface area contributed by atoms with E-state index in [0.717, 1.165) is 38.5 Å². The lowest BCUT2D eigenvalue weighted by molar-refractivity contribution is 0.143. The van der Waals surface area contributed by atoms with Crippen molar-refractivity contribution >= 4 is 0 Å². The minimum atomic E-state index is 0.615. The highest BCUT2D eigenvalue weighted by Crippen LogP contribution is 2.16. The van der Waals surface area contributed by atoms with Gasteiger partial charge in [-0.05, 0) is 25.5 Å². The van der Waals surface area contributed by atoms with E-state index < -0.39 is 0 Å². The first-order valence-electron chi connectivity index (χ1n) is 6.40. The number of benzene rings is 1. The number of piperazine rings is 1. The summed E-state index contributed by atoms with van der Waals surface area (Å²) in [6, 6.07) is 8.81. The minimum Gasteiger partial charge on any atom is -0.492 e. The average molecular weight is 234 g/mol. The number of nitrogens with zero attached hydrogens (tertiary/aromatic N) is 1. The molecule has 0 aromatic heterocycles. The standard InChI is InChI=1S/C14H22N2O/c1-12-5-3-4-6-14(12)17-10-9-16-8-7-15-11-13(16)2/h3-6,13,15H,7-11H2,1-2H3/t13-/m1/s1. The van der Waals surface area contributed by atoms with Crippen LogP contribution < -0.4 is 10.1 Å². The zero-order chi connectivity index (χ0) is 12.1. The SMILES string of the molecule is Cc1ccccc1OCCN1CCNC[C@H]1C. The van der Waals surface area contributed by atoms with E-state index in [4.69, 9.17) is 4.74 Å². The van der Waals surface area contributed by atoms with Crippen LogP contribution in [0, 0.1) is 6.92 Å². The predicted molar refractivity (Wildman–Crippen MR) is 70.6 cm³/mol. The molecular formula is C14H22N2O. The smallest absolute Gasteiger partial charge is 0.122 e. The summed E-state index contributed by atoms with van der Waals surface area (Å²) in [5.74, 6) is 1.01. The lowest BCUT2D eigenvalue weighted by atomic mass is 10.2. The highest BCUT2D eigenvalue weighted by molar-refractivity contribution is 5.31. The number of nitrogens with one attached hydrogen (secondary N) is 1. The molecule has 3 nitrogen and oxygen atoms in total. The molecular weight excluding hydrogens is 212 g/mol. The van der Waals surface area contributed by atoms with Crippen LogP contribution in [0.3, 0.4) is 0 Å². The van der Waals surface area contributed by atoms with E-state index >= 15 is 0 Å². The highest BCUT2D eigenvalue weighted by Gasteiger charge is 2.17. The molecule has 94 valence electrons. The zero-order valence-corrected chi connectivity index (χ0v) is 10.8. The Morgan fingerprint density at radius 2 is 2.24 bits per heavy atom. The van der Waals surface area contributed by atoms with Gasteiger partial charge < -0.3 is 10.1 Å². The van der Waals surface area contributed by atoms with Crippen LogP contribution in [-0.2, 0) is 0 Å². The molecule has 0 aliphatic carbocycles. The van der Waals surface area contributed by atoms with Crippen LogP contribution in [0.1, 0.15) is 12.5 Å². The summed E-state index contributed by atoms with van der Waals surface area (Å²) in [6.45, 7) is 9.44. The number of aryl methyl sites for hydroxylation is 1. The second kappa shape index (κ2) is 6.03. The van der Waals surface area contributed by atoms with Gasteiger partial charge in [-0.1, -0.05) is 18.2 Å². The Morgan fingerprint density at radius 1 is 1.41 bits per heavy atom. The van der Waals surface area contributed by atoms with Crippen molar-refractivity contribution in [3.8, 4) is 5.75 Å². The number of para-hydroxylation sites is 1. The molecule has 1 aliphatic rings. The molecule has 3 heteroatoms. The topological polar surface area (TPSA) is 24.5 Å². The van der Waals surface area contributed by atoms with E-state index in [-0.39, 0.29) is 0 Å². The quantitative estimate of drug-likeness (QED) is 0.857. The molecule has 1 aromatic carbocycles. The van der Waals surface area contributed by atoms with E-state index in [1.807, 2.05) is 18.2 Å². The van der Waals surface area contributed by atoms with Crippen molar-refractivity contribution < 1.29 is 4.74 Å². The third-order valence-corrected chi connectivity index (χ3v) is 3.37. The Kier molecular flexibility index (Phi) is 4.40. The fourth-order valence-electron chi connectivity index (χ4n) is 2.21. The number of hydrogen-bond donors (Lipinski definition) is 1. The van der Waals surface area contributed by atoms with Gasteiger partial charge in [0.15, 0.2) is 0 Å². The van der Waals surface area contributed by atoms with E-state index in [2.05, 4.69) is 30.1 Å². The summed E-state index contributed by atoms with van der Waals surface area (Å²) in [6.07, 6.45) is 0. The zero-order valence-electron chi connectivity index (χ0n) is 10.8. The predicted octanol–water partition coefficient (Wildman–Crippen LogP) is 1.67. The van der Waals surface area contributed by atoms with Crippen molar-refractivity contribution in [2.45, 2.75) is 19.9 Å². The van der Waals surface area contributed by atoms with Gasteiger partial charge in [0, 0.05) is 32.2 Å². The van der Waals surface area contributed by atoms with Crippen molar-refractivity contribution in [1.29, 1.82) is 0 Å². The van der Waals surface area contributed by atoms with Gasteiger partial charge in [-0.2, -0.15) is 0 Å². The summed E-state index contributed by atoms with van der Waals surface area (Å²) in [7, 11) is 0. The van der Waals surface area contributed by atoms with E-state index in [9.17, 15) is 0 Å². The van der Waals surface area contributed by atoms with Crippen molar-refractivity contribution in [2.75, 3.05) is 32.8 Å². The first kappa shape index (κ1) is 12.4. The van der Waals surface area contributed by atoms with Gasteiger partial charge in [-0.3, -0.25) is 4.90 Å². The van der Waals surface area contributed by atoms with Gasteiger partial charge in [0.2, 0.25) is 0 Å². The maximum Gasteiger partial charge on any atom is 0.122 e. The summed E-state index contributed by atoms with van der Waals surface area (Å²) in [5.41, 5.74) is 1.21. The van der Waals surface area contributed by atoms with Crippen LogP contribution in [0.4, 0.5) is 0 Å². The van der Waals surface area contributed by atoms with Gasteiger partial charge in [-0.25, -0.2) is 0 Å². The molecule has 0 saturated carbocycles. The van der Waals surface area contributed by atoms with Gasteiger partial charge >= 0.3 is 0 Å². The van der Waals surface area contributed by atoms with Crippen LogP contribution in [0.15, 0.2) is 24.3 Å². The first-order valence-corrected chi connectivity index (χ1v) is 6.40. The van der Waals surface area contributed by atoms with Crippen LogP contribution in [0.2, 0.25) is 0 Å². The summed E-state index contributed by atoms with van der Waals surface area (Å²) < 4.78 is 5.83. The molecule has 0 spiro atoms. The van der Waals surface area contributed by atoms with E-state index in [1.54, 1.807) is 0 Å². The fourth-order valence-corrected chi connectivity index (χ4v) is 2.21. The second-order valence-corrected chi connectivity index (χ2v) is 4.70. The van der Waals surface area contributed by atoms with Crippen LogP contribution in [-0.4, -0.2) is 43.7 Å². The Labute approximate surface area is 104 Å². The molecule has 1 heterocycles. The third-order valence-electron chi connectivity index (χ3n) is 3.37. The van der Waals surface area contributed by atoms with Gasteiger partial charge in [-0.15, -0.1) is 0 Å². The molecule has 17 heavy (non-hydrogen) atoms. The molecule has 1 fully saturated rings. The first-order chi connectivity index (χ1) is 8.27. The molecule has 1 atom stereocenters. The summed E-state index contributed by atoms with van der Waals surface area (Å²) in [5, 5.41) is 3.40. The van der Waals surface area contributed by atoms with Crippen LogP contribution in [0.5, 0.6) is 5.75 Å². The number of hydrogen-bond acceptors (Lipinski definition) is 3. The largest absolute Gasteiger partial charge is 0.492 e. The summed E-state index contributed by atoms with van der Waals surface area (Å²) >= 11 is 0. The third kappa shape index (κ3) is 3.45. The van der Waals surface area contributed by atoms with Gasteiger partial charge in [0.05, 0.1) is 0 Å². The highest BCUT2D eigenvalue weighted by atomic mass is 16.5. The maximum absolute atomic E-state index is 5.83. The molecule has 0 unspecified atom stereocenters. The molecule has 1 N–H and O–H groups in total. The van der Waals surface area contributed by atoms with E-state index in [0.29, 0.717) is 6.04 Å². The normalized spacial score (nSPS) is 21.4. The lowest BCUT2D eigenvalue weighted by Gasteiger charge is -2.33. The molecule has 2 rings (SSSR count). The fraction of sp³-hybridized carbons (Fsp3) is 0.571. The Hall–Kier alpha value is -1.06. The Morgan fingerprint density at radius 3 is 3.00 bits per heavy atom. The van der Waals surface area contributed by atoms with Gasteiger partial charge in [0.1, 0.15) is 12.4 Å². The summed E-state index contributed by atoms with van der Waals surface area (Å²) in [4.78, 5) is 2.48. The lowest BCUT2D eigenvalue weighted by Crippen LogP contribution is -2.50. The van der Waals surface area contributed by atoms with Crippen molar-refractivity contribution in [3.05, 3.63) is 29.8 Å². The molecule has 1 aliphatic heterocycles. The number of rotatable bonds is 4. The number of ether oxygens (including phenoxy) is 1. The Bertz CT molecular complexity index is 354. The monoisotopic (exact) mass is 234 g/mol. The molecule has 0 radical (unpaired) electrons. The van der Waals surface area contributed by atoms with Crippen LogP contribution in [0.25, 0.3) is 0 Å². The second-order valence-electron chi connectivity index (χ2n) is 4.70. The molecule has 0 bridgehead atoms. The molecule has 0 amide bonds. The van der Waals surface area contributed by atoms with Crippen molar-refractivity contribution in [3.63, 3.8) is 0 Å². The van der Waals surface area contributed by atoms with Crippen molar-refractivity contribution in [1.82, 2.24) is 10.2 Å².